The second-order valence-electron chi connectivity index (χ2n) is 8.56. The van der Waals surface area contributed by atoms with Gasteiger partial charge in [0.2, 0.25) is 0 Å². The van der Waals surface area contributed by atoms with Crippen molar-refractivity contribution in [3.05, 3.63) is 109 Å². The summed E-state index contributed by atoms with van der Waals surface area (Å²) in [4.78, 5) is 0. The Bertz CT molecular complexity index is 1840. The van der Waals surface area contributed by atoms with Crippen LogP contribution in [0.2, 0.25) is 0 Å². The van der Waals surface area contributed by atoms with Gasteiger partial charge in [-0.1, -0.05) is 66.7 Å². The molecular weight excluding hydrogens is 475 g/mol. The molecule has 0 aliphatic rings. The number of nitrogens with zero attached hydrogens (tertiary/aromatic N) is 1. The molecule has 33 heavy (non-hydrogen) atoms. The maximum absolute atomic E-state index is 3.27. The van der Waals surface area contributed by atoms with Crippen LogP contribution >= 0.6 is 0 Å². The zero-order chi connectivity index (χ0) is 21.2. The Morgan fingerprint density at radius 2 is 1.18 bits per heavy atom. The number of para-hydroxylation sites is 1. The Hall–Kier alpha value is -3.00. The van der Waals surface area contributed by atoms with Gasteiger partial charge in [-0.15, -0.1) is 16.8 Å². The third-order valence-electron chi connectivity index (χ3n) is 6.90. The number of aromatic nitrogens is 1. The summed E-state index contributed by atoms with van der Waals surface area (Å²) in [5, 5.41) is 10.3. The van der Waals surface area contributed by atoms with Crippen molar-refractivity contribution in [3.63, 3.8) is 0 Å². The van der Waals surface area contributed by atoms with Crippen molar-refractivity contribution in [3.8, 4) is 11.1 Å². The van der Waals surface area contributed by atoms with Crippen LogP contribution in [0.4, 0.5) is 0 Å². The van der Waals surface area contributed by atoms with Crippen molar-refractivity contribution in [1.82, 2.24) is 4.57 Å². The summed E-state index contributed by atoms with van der Waals surface area (Å²) < 4.78 is 2.34. The number of rotatable bonds is 1. The number of hydrogen-bond donors (Lipinski definition) is 0. The summed E-state index contributed by atoms with van der Waals surface area (Å²) in [6.07, 6.45) is 0. The van der Waals surface area contributed by atoms with Crippen LogP contribution in [-0.4, -0.2) is 4.57 Å². The van der Waals surface area contributed by atoms with Gasteiger partial charge in [-0.05, 0) is 39.4 Å². The van der Waals surface area contributed by atoms with E-state index in [2.05, 4.69) is 115 Å². The molecule has 2 heteroatoms. The van der Waals surface area contributed by atoms with Crippen molar-refractivity contribution in [2.24, 2.45) is 7.05 Å². The van der Waals surface area contributed by atoms with Crippen LogP contribution < -0.4 is 0 Å². The average molecular weight is 495 g/mol. The first-order valence-corrected chi connectivity index (χ1v) is 11.0. The van der Waals surface area contributed by atoms with Crippen molar-refractivity contribution in [2.75, 3.05) is 0 Å². The standard InChI is InChI=1S/C31H20N.Y/c1-32-30-17-9-8-15-25(30)29-19-28(24-14-6-7-16-26(24)31(29)32)27-18-20-10-2-3-11-21(20)22-12-4-5-13-23(22)27;/h3-19H,1H3;/q-1;. The number of benzene rings is 6. The molecule has 0 N–H and O–H groups in total. The van der Waals surface area contributed by atoms with E-state index in [1.54, 1.807) is 0 Å². The van der Waals surface area contributed by atoms with Gasteiger partial charge in [0.1, 0.15) is 0 Å². The normalized spacial score (nSPS) is 11.5. The third kappa shape index (κ3) is 2.93. The number of aryl methyl sites for hydroxylation is 1. The van der Waals surface area contributed by atoms with E-state index in [-0.39, 0.29) is 32.7 Å². The molecule has 6 aromatic carbocycles. The quantitative estimate of drug-likeness (QED) is 0.160. The fourth-order valence-corrected chi connectivity index (χ4v) is 5.48. The van der Waals surface area contributed by atoms with E-state index in [1.165, 1.54) is 65.3 Å². The minimum absolute atomic E-state index is 0. The van der Waals surface area contributed by atoms with Gasteiger partial charge in [0.25, 0.3) is 0 Å². The van der Waals surface area contributed by atoms with Gasteiger partial charge in [-0.2, -0.15) is 24.3 Å². The van der Waals surface area contributed by atoms with Gasteiger partial charge in [0, 0.05) is 61.4 Å². The van der Waals surface area contributed by atoms with Gasteiger partial charge in [0.05, 0.1) is 5.52 Å². The van der Waals surface area contributed by atoms with Crippen LogP contribution in [0.25, 0.3) is 65.3 Å². The molecule has 0 spiro atoms. The summed E-state index contributed by atoms with van der Waals surface area (Å²) in [5.74, 6) is 0. The molecule has 0 amide bonds. The molecule has 0 aliphatic heterocycles. The van der Waals surface area contributed by atoms with Gasteiger partial charge < -0.3 is 4.57 Å². The summed E-state index contributed by atoms with van der Waals surface area (Å²) in [6.45, 7) is 0. The van der Waals surface area contributed by atoms with Gasteiger partial charge in [-0.25, -0.2) is 0 Å². The van der Waals surface area contributed by atoms with Crippen molar-refractivity contribution in [1.29, 1.82) is 0 Å². The Kier molecular flexibility index (Phi) is 4.87. The number of fused-ring (bicyclic) bond motifs is 8. The second kappa shape index (κ2) is 7.80. The molecule has 0 aliphatic carbocycles. The molecule has 1 aromatic heterocycles. The fourth-order valence-electron chi connectivity index (χ4n) is 5.48. The van der Waals surface area contributed by atoms with Crippen LogP contribution in [0.1, 0.15) is 0 Å². The fraction of sp³-hybridized carbons (Fsp3) is 0.0323. The van der Waals surface area contributed by atoms with Crippen LogP contribution in [0.3, 0.4) is 0 Å². The maximum atomic E-state index is 3.27. The summed E-state index contributed by atoms with van der Waals surface area (Å²) in [7, 11) is 2.18. The largest absolute Gasteiger partial charge is 0.343 e. The Balaban J connectivity index is 0.00000206. The van der Waals surface area contributed by atoms with E-state index in [4.69, 9.17) is 0 Å². The zero-order valence-electron chi connectivity index (χ0n) is 18.3. The molecule has 1 heterocycles. The first kappa shape index (κ1) is 20.6. The molecule has 0 saturated heterocycles. The molecule has 1 radical (unpaired) electrons. The Morgan fingerprint density at radius 1 is 0.576 bits per heavy atom. The molecular formula is C31H20NY-. The topological polar surface area (TPSA) is 4.93 Å². The Morgan fingerprint density at radius 3 is 1.97 bits per heavy atom. The monoisotopic (exact) mass is 495 g/mol. The van der Waals surface area contributed by atoms with E-state index in [0.29, 0.717) is 0 Å². The average Bonchev–Trinajstić information content (AvgIpc) is 3.15. The van der Waals surface area contributed by atoms with Gasteiger partial charge in [0.15, 0.2) is 0 Å². The van der Waals surface area contributed by atoms with Crippen molar-refractivity contribution < 1.29 is 32.7 Å². The molecule has 7 aromatic rings. The molecule has 7 rings (SSSR count). The van der Waals surface area contributed by atoms with Gasteiger partial charge >= 0.3 is 0 Å². The zero-order valence-corrected chi connectivity index (χ0v) is 21.2. The van der Waals surface area contributed by atoms with E-state index in [1.807, 2.05) is 6.07 Å². The van der Waals surface area contributed by atoms with E-state index in [0.717, 1.165) is 0 Å². The predicted octanol–water partition coefficient (Wildman–Crippen LogP) is 8.26. The number of hydrogen-bond acceptors (Lipinski definition) is 0. The van der Waals surface area contributed by atoms with E-state index in [9.17, 15) is 0 Å². The molecule has 0 fully saturated rings. The third-order valence-corrected chi connectivity index (χ3v) is 6.90. The van der Waals surface area contributed by atoms with Crippen molar-refractivity contribution >= 4 is 54.1 Å². The van der Waals surface area contributed by atoms with Crippen LogP contribution in [0.15, 0.2) is 103 Å². The molecule has 0 saturated carbocycles. The van der Waals surface area contributed by atoms with Crippen LogP contribution in [0, 0.1) is 6.07 Å². The van der Waals surface area contributed by atoms with E-state index >= 15 is 0 Å². The Labute approximate surface area is 217 Å². The smallest absolute Gasteiger partial charge is 0.0568 e. The summed E-state index contributed by atoms with van der Waals surface area (Å²) in [6, 6.07) is 40.6. The molecule has 0 atom stereocenters. The summed E-state index contributed by atoms with van der Waals surface area (Å²) >= 11 is 0. The van der Waals surface area contributed by atoms with E-state index < -0.39 is 0 Å². The first-order chi connectivity index (χ1) is 15.8. The molecule has 153 valence electrons. The minimum atomic E-state index is 0. The SMILES string of the molecule is Cn1c2ccccc2c2cc(-c3cc4c[c-]ccc4c4ccccc34)c3ccccc3c21.[Y]. The molecule has 1 nitrogen and oxygen atoms in total. The van der Waals surface area contributed by atoms with Crippen LogP contribution in [-0.2, 0) is 39.8 Å². The van der Waals surface area contributed by atoms with Crippen molar-refractivity contribution in [2.45, 2.75) is 0 Å². The first-order valence-electron chi connectivity index (χ1n) is 11.0. The molecule has 0 unspecified atom stereocenters. The summed E-state index contributed by atoms with van der Waals surface area (Å²) in [5.41, 5.74) is 5.12. The minimum Gasteiger partial charge on any atom is -0.343 e. The second-order valence-corrected chi connectivity index (χ2v) is 8.56. The molecule has 0 bridgehead atoms. The van der Waals surface area contributed by atoms with Gasteiger partial charge in [-0.3, -0.25) is 0 Å². The van der Waals surface area contributed by atoms with Crippen LogP contribution in [0.5, 0.6) is 0 Å². The maximum Gasteiger partial charge on any atom is 0.0568 e. The predicted molar refractivity (Wildman–Crippen MR) is 137 cm³/mol.